The van der Waals surface area contributed by atoms with Crippen molar-refractivity contribution in [2.24, 2.45) is 17.8 Å². The van der Waals surface area contributed by atoms with E-state index in [1.807, 2.05) is 71.8 Å². The Kier molecular flexibility index (Phi) is 7.21. The van der Waals surface area contributed by atoms with Gasteiger partial charge in [-0.25, -0.2) is 4.68 Å². The maximum Gasteiger partial charge on any atom is 0.257 e. The first-order valence-electron chi connectivity index (χ1n) is 13.3. The van der Waals surface area contributed by atoms with Gasteiger partial charge in [-0.15, -0.1) is 0 Å². The van der Waals surface area contributed by atoms with Crippen molar-refractivity contribution in [2.75, 3.05) is 26.2 Å². The molecule has 3 heterocycles. The first kappa shape index (κ1) is 24.3. The molecular weight excluding hydrogens is 448 g/mol. The number of carbonyl (C=O) groups is 2. The molecule has 36 heavy (non-hydrogen) atoms. The Morgan fingerprint density at radius 1 is 0.833 bits per heavy atom. The summed E-state index contributed by atoms with van der Waals surface area (Å²) in [4.78, 5) is 30.8. The molecular formula is C30H36N4O2. The molecule has 0 saturated carbocycles. The molecule has 0 aliphatic carbocycles. The summed E-state index contributed by atoms with van der Waals surface area (Å²) < 4.78 is 1.79. The van der Waals surface area contributed by atoms with Gasteiger partial charge >= 0.3 is 0 Å². The predicted molar refractivity (Wildman–Crippen MR) is 142 cm³/mol. The third kappa shape index (κ3) is 5.08. The third-order valence-electron chi connectivity index (χ3n) is 8.03. The van der Waals surface area contributed by atoms with Crippen LogP contribution in [0, 0.1) is 17.8 Å². The SMILES string of the molecule is CC1CCN(C(=O)[C@H](C)C2CCN(C(=O)c3cn(-c4ccccc4)nc3-c3ccccc3)CC2)CC1. The highest BCUT2D eigenvalue weighted by Gasteiger charge is 2.34. The van der Waals surface area contributed by atoms with Gasteiger partial charge in [0.2, 0.25) is 5.91 Å². The summed E-state index contributed by atoms with van der Waals surface area (Å²) in [6.45, 7) is 7.46. The van der Waals surface area contributed by atoms with Crippen LogP contribution in [0.25, 0.3) is 16.9 Å². The Hall–Kier alpha value is -3.41. The molecule has 0 radical (unpaired) electrons. The lowest BCUT2D eigenvalue weighted by Gasteiger charge is -2.38. The molecule has 2 aliphatic rings. The average Bonchev–Trinajstić information content (AvgIpc) is 3.39. The van der Waals surface area contributed by atoms with Gasteiger partial charge < -0.3 is 9.80 Å². The van der Waals surface area contributed by atoms with Gasteiger partial charge in [0, 0.05) is 43.9 Å². The van der Waals surface area contributed by atoms with E-state index in [4.69, 9.17) is 5.10 Å². The van der Waals surface area contributed by atoms with Crippen molar-refractivity contribution in [2.45, 2.75) is 39.5 Å². The molecule has 6 heteroatoms. The van der Waals surface area contributed by atoms with E-state index in [0.29, 0.717) is 42.1 Å². The monoisotopic (exact) mass is 484 g/mol. The molecule has 1 aromatic heterocycles. The normalized spacial score (nSPS) is 18.3. The average molecular weight is 485 g/mol. The van der Waals surface area contributed by atoms with Crippen molar-refractivity contribution < 1.29 is 9.59 Å². The Labute approximate surface area is 213 Å². The van der Waals surface area contributed by atoms with Gasteiger partial charge in [0.25, 0.3) is 5.91 Å². The summed E-state index contributed by atoms with van der Waals surface area (Å²) in [5.41, 5.74) is 3.18. The van der Waals surface area contributed by atoms with E-state index in [-0.39, 0.29) is 11.8 Å². The van der Waals surface area contributed by atoms with Crippen molar-refractivity contribution in [1.82, 2.24) is 19.6 Å². The van der Waals surface area contributed by atoms with Crippen LogP contribution >= 0.6 is 0 Å². The van der Waals surface area contributed by atoms with Crippen molar-refractivity contribution in [1.29, 1.82) is 0 Å². The second-order valence-electron chi connectivity index (χ2n) is 10.5. The Balaban J connectivity index is 1.29. The van der Waals surface area contributed by atoms with Crippen LogP contribution in [-0.4, -0.2) is 57.6 Å². The number of carbonyl (C=O) groups excluding carboxylic acids is 2. The van der Waals surface area contributed by atoms with Gasteiger partial charge in [0.1, 0.15) is 5.69 Å². The van der Waals surface area contributed by atoms with Crippen LogP contribution in [0.1, 0.15) is 49.9 Å². The lowest BCUT2D eigenvalue weighted by molar-refractivity contribution is -0.138. The molecule has 2 aliphatic heterocycles. The fourth-order valence-electron chi connectivity index (χ4n) is 5.54. The zero-order chi connectivity index (χ0) is 25.1. The number of para-hydroxylation sites is 1. The maximum atomic E-state index is 13.7. The van der Waals surface area contributed by atoms with E-state index in [0.717, 1.165) is 50.0 Å². The van der Waals surface area contributed by atoms with Crippen LogP contribution < -0.4 is 0 Å². The molecule has 2 saturated heterocycles. The molecule has 6 nitrogen and oxygen atoms in total. The molecule has 0 N–H and O–H groups in total. The zero-order valence-electron chi connectivity index (χ0n) is 21.3. The lowest BCUT2D eigenvalue weighted by Crippen LogP contribution is -2.45. The number of aromatic nitrogens is 2. The smallest absolute Gasteiger partial charge is 0.257 e. The largest absolute Gasteiger partial charge is 0.342 e. The topological polar surface area (TPSA) is 58.4 Å². The molecule has 0 unspecified atom stereocenters. The highest BCUT2D eigenvalue weighted by atomic mass is 16.2. The van der Waals surface area contributed by atoms with Crippen LogP contribution in [0.2, 0.25) is 0 Å². The standard InChI is InChI=1S/C30H36N4O2/c1-22-13-17-32(18-14-22)29(35)23(2)24-15-19-33(20-16-24)30(36)27-21-34(26-11-7-4-8-12-26)31-28(27)25-9-5-3-6-10-25/h3-12,21-24H,13-20H2,1-2H3/t23-/m1/s1. The molecule has 2 amide bonds. The molecule has 2 fully saturated rings. The molecule has 1 atom stereocenters. The number of likely N-dealkylation sites (tertiary alicyclic amines) is 2. The van der Waals surface area contributed by atoms with Crippen LogP contribution in [0.15, 0.2) is 66.9 Å². The highest BCUT2D eigenvalue weighted by Crippen LogP contribution is 2.30. The van der Waals surface area contributed by atoms with Crippen LogP contribution in [0.4, 0.5) is 0 Å². The zero-order valence-corrected chi connectivity index (χ0v) is 21.3. The minimum Gasteiger partial charge on any atom is -0.342 e. The molecule has 0 spiro atoms. The summed E-state index contributed by atoms with van der Waals surface area (Å²) in [5, 5.41) is 4.81. The number of piperidine rings is 2. The van der Waals surface area contributed by atoms with E-state index in [1.54, 1.807) is 4.68 Å². The fourth-order valence-corrected chi connectivity index (χ4v) is 5.54. The van der Waals surface area contributed by atoms with E-state index in [9.17, 15) is 9.59 Å². The van der Waals surface area contributed by atoms with Crippen molar-refractivity contribution in [3.05, 3.63) is 72.4 Å². The minimum absolute atomic E-state index is 0.0105. The van der Waals surface area contributed by atoms with Crippen LogP contribution in [0.5, 0.6) is 0 Å². The summed E-state index contributed by atoms with van der Waals surface area (Å²) >= 11 is 0. The Bertz CT molecular complexity index is 1170. The lowest BCUT2D eigenvalue weighted by atomic mass is 9.84. The first-order valence-corrected chi connectivity index (χ1v) is 13.3. The summed E-state index contributed by atoms with van der Waals surface area (Å²) in [6, 6.07) is 19.8. The van der Waals surface area contributed by atoms with Gasteiger partial charge in [-0.1, -0.05) is 62.4 Å². The maximum absolute atomic E-state index is 13.7. The van der Waals surface area contributed by atoms with Crippen molar-refractivity contribution in [3.8, 4) is 16.9 Å². The van der Waals surface area contributed by atoms with E-state index in [2.05, 4.69) is 18.7 Å². The second-order valence-corrected chi connectivity index (χ2v) is 10.5. The van der Waals surface area contributed by atoms with E-state index < -0.39 is 0 Å². The van der Waals surface area contributed by atoms with Gasteiger partial charge in [-0.05, 0) is 49.7 Å². The number of rotatable bonds is 5. The number of nitrogens with zero attached hydrogens (tertiary/aromatic N) is 4. The van der Waals surface area contributed by atoms with E-state index >= 15 is 0 Å². The molecule has 2 aromatic carbocycles. The summed E-state index contributed by atoms with van der Waals surface area (Å²) in [5.74, 6) is 1.35. The number of benzene rings is 2. The predicted octanol–water partition coefficient (Wildman–Crippen LogP) is 5.29. The summed E-state index contributed by atoms with van der Waals surface area (Å²) in [6.07, 6.45) is 5.78. The summed E-state index contributed by atoms with van der Waals surface area (Å²) in [7, 11) is 0. The minimum atomic E-state index is 0.0105. The van der Waals surface area contributed by atoms with Crippen molar-refractivity contribution >= 4 is 11.8 Å². The quantitative estimate of drug-likeness (QED) is 0.495. The number of amides is 2. The number of hydrogen-bond donors (Lipinski definition) is 0. The third-order valence-corrected chi connectivity index (χ3v) is 8.03. The van der Waals surface area contributed by atoms with Crippen LogP contribution in [0.3, 0.4) is 0 Å². The number of hydrogen-bond acceptors (Lipinski definition) is 3. The highest BCUT2D eigenvalue weighted by molar-refractivity contribution is 6.00. The van der Waals surface area contributed by atoms with Crippen molar-refractivity contribution in [3.63, 3.8) is 0 Å². The van der Waals surface area contributed by atoms with Gasteiger partial charge in [-0.2, -0.15) is 5.10 Å². The molecule has 0 bridgehead atoms. The Morgan fingerprint density at radius 2 is 1.42 bits per heavy atom. The molecule has 5 rings (SSSR count). The van der Waals surface area contributed by atoms with Gasteiger partial charge in [0.15, 0.2) is 0 Å². The molecule has 3 aromatic rings. The first-order chi connectivity index (χ1) is 17.5. The van der Waals surface area contributed by atoms with Crippen LogP contribution in [-0.2, 0) is 4.79 Å². The van der Waals surface area contributed by atoms with E-state index in [1.165, 1.54) is 0 Å². The van der Waals surface area contributed by atoms with Gasteiger partial charge in [0.05, 0.1) is 11.3 Å². The fraction of sp³-hybridized carbons (Fsp3) is 0.433. The Morgan fingerprint density at radius 3 is 2.06 bits per heavy atom. The molecule has 188 valence electrons. The van der Waals surface area contributed by atoms with Gasteiger partial charge in [-0.3, -0.25) is 9.59 Å². The second kappa shape index (κ2) is 10.7.